The summed E-state index contributed by atoms with van der Waals surface area (Å²) in [7, 11) is 0. The van der Waals surface area contributed by atoms with Gasteiger partial charge in [-0.15, -0.1) is 0 Å². The maximum atomic E-state index is 13.2. The maximum Gasteiger partial charge on any atom is 0.311 e. The zero-order chi connectivity index (χ0) is 19.4. The smallest absolute Gasteiger partial charge is 0.311 e. The minimum absolute atomic E-state index is 0.0597. The Bertz CT molecular complexity index is 852. The molecule has 0 aliphatic carbocycles. The van der Waals surface area contributed by atoms with Crippen molar-refractivity contribution in [3.63, 3.8) is 0 Å². The highest BCUT2D eigenvalue weighted by Gasteiger charge is 2.38. The molecule has 5 nitrogen and oxygen atoms in total. The van der Waals surface area contributed by atoms with Crippen LogP contribution < -0.4 is 0 Å². The summed E-state index contributed by atoms with van der Waals surface area (Å²) in [6.07, 6.45) is 0.0597. The van der Waals surface area contributed by atoms with Crippen molar-refractivity contribution in [3.05, 3.63) is 71.5 Å². The standard InChI is InChI=1S/C21H20FNO4/c1-14(15-6-3-2-4-7-15)23-12-17(11-20(23)25)21(26)27-13-19(24)16-8-5-9-18(22)10-16/h2-10,14,17H,11-13H2,1H3/t14-,17+/m0/s1. The number of likely N-dealkylation sites (tertiary alicyclic amines) is 1. The summed E-state index contributed by atoms with van der Waals surface area (Å²) in [5.41, 5.74) is 1.13. The summed E-state index contributed by atoms with van der Waals surface area (Å²) >= 11 is 0. The summed E-state index contributed by atoms with van der Waals surface area (Å²) in [5.74, 6) is -2.33. The highest BCUT2D eigenvalue weighted by atomic mass is 19.1. The second-order valence-electron chi connectivity index (χ2n) is 6.58. The highest BCUT2D eigenvalue weighted by molar-refractivity contribution is 5.98. The van der Waals surface area contributed by atoms with Crippen LogP contribution in [0, 0.1) is 11.7 Å². The van der Waals surface area contributed by atoms with E-state index in [0.717, 1.165) is 11.6 Å². The van der Waals surface area contributed by atoms with Crippen molar-refractivity contribution in [1.29, 1.82) is 0 Å². The molecule has 140 valence electrons. The summed E-state index contributed by atoms with van der Waals surface area (Å²) in [4.78, 5) is 38.2. The molecule has 1 fully saturated rings. The topological polar surface area (TPSA) is 63.7 Å². The Morgan fingerprint density at radius 2 is 1.93 bits per heavy atom. The predicted molar refractivity (Wildman–Crippen MR) is 96.4 cm³/mol. The van der Waals surface area contributed by atoms with Crippen molar-refractivity contribution in [3.8, 4) is 0 Å². The first-order chi connectivity index (χ1) is 13.0. The van der Waals surface area contributed by atoms with Crippen molar-refractivity contribution < 1.29 is 23.5 Å². The van der Waals surface area contributed by atoms with Crippen LogP contribution in [-0.2, 0) is 14.3 Å². The molecule has 0 saturated carbocycles. The number of nitrogens with zero attached hydrogens (tertiary/aromatic N) is 1. The Labute approximate surface area is 156 Å². The van der Waals surface area contributed by atoms with E-state index in [4.69, 9.17) is 4.74 Å². The lowest BCUT2D eigenvalue weighted by atomic mass is 10.1. The summed E-state index contributed by atoms with van der Waals surface area (Å²) in [6, 6.07) is 14.6. The summed E-state index contributed by atoms with van der Waals surface area (Å²) in [6.45, 7) is 1.69. The predicted octanol–water partition coefficient (Wildman–Crippen LogP) is 3.16. The van der Waals surface area contributed by atoms with Gasteiger partial charge in [0.25, 0.3) is 0 Å². The van der Waals surface area contributed by atoms with Crippen LogP contribution in [0.5, 0.6) is 0 Å². The van der Waals surface area contributed by atoms with Gasteiger partial charge in [0.1, 0.15) is 5.82 Å². The fraction of sp³-hybridized carbons (Fsp3) is 0.286. The van der Waals surface area contributed by atoms with Crippen molar-refractivity contribution in [2.75, 3.05) is 13.2 Å². The van der Waals surface area contributed by atoms with Crippen molar-refractivity contribution in [2.24, 2.45) is 5.92 Å². The van der Waals surface area contributed by atoms with E-state index in [-0.39, 0.29) is 30.5 Å². The molecule has 1 aliphatic rings. The second kappa shape index (κ2) is 8.12. The molecule has 0 spiro atoms. The van der Waals surface area contributed by atoms with Crippen LogP contribution in [0.2, 0.25) is 0 Å². The molecular formula is C21H20FNO4. The normalized spacial score (nSPS) is 17.6. The minimum atomic E-state index is -0.607. The van der Waals surface area contributed by atoms with Gasteiger partial charge in [-0.25, -0.2) is 4.39 Å². The highest BCUT2D eigenvalue weighted by Crippen LogP contribution is 2.29. The van der Waals surface area contributed by atoms with Crippen LogP contribution in [0.25, 0.3) is 0 Å². The van der Waals surface area contributed by atoms with Gasteiger partial charge in [0.15, 0.2) is 12.4 Å². The zero-order valence-electron chi connectivity index (χ0n) is 14.9. The van der Waals surface area contributed by atoms with E-state index < -0.39 is 30.1 Å². The number of benzene rings is 2. The largest absolute Gasteiger partial charge is 0.457 e. The van der Waals surface area contributed by atoms with Gasteiger partial charge in [-0.1, -0.05) is 42.5 Å². The van der Waals surface area contributed by atoms with Gasteiger partial charge in [-0.2, -0.15) is 0 Å². The molecule has 0 radical (unpaired) electrons. The fourth-order valence-corrected chi connectivity index (χ4v) is 3.18. The molecule has 2 aromatic rings. The molecule has 1 amide bonds. The molecular weight excluding hydrogens is 349 g/mol. The Morgan fingerprint density at radius 1 is 1.19 bits per heavy atom. The number of hydrogen-bond acceptors (Lipinski definition) is 4. The number of carbonyl (C=O) groups is 3. The Kier molecular flexibility index (Phi) is 5.64. The molecule has 2 aromatic carbocycles. The van der Waals surface area contributed by atoms with Gasteiger partial charge < -0.3 is 9.64 Å². The fourth-order valence-electron chi connectivity index (χ4n) is 3.18. The van der Waals surface area contributed by atoms with E-state index in [1.54, 1.807) is 4.90 Å². The Hall–Kier alpha value is -3.02. The SMILES string of the molecule is C[C@@H](c1ccccc1)N1C[C@H](C(=O)OCC(=O)c2cccc(F)c2)CC1=O. The summed E-state index contributed by atoms with van der Waals surface area (Å²) < 4.78 is 18.2. The molecule has 1 heterocycles. The lowest BCUT2D eigenvalue weighted by Crippen LogP contribution is -2.30. The number of hydrogen-bond donors (Lipinski definition) is 0. The van der Waals surface area contributed by atoms with Crippen molar-refractivity contribution in [1.82, 2.24) is 4.90 Å². The average Bonchev–Trinajstić information content (AvgIpc) is 3.07. The summed E-state index contributed by atoms with van der Waals surface area (Å²) in [5, 5.41) is 0. The molecule has 2 atom stereocenters. The van der Waals surface area contributed by atoms with Crippen LogP contribution >= 0.6 is 0 Å². The molecule has 6 heteroatoms. The number of Topliss-reactive ketones (excluding diaryl/α,β-unsaturated/α-hetero) is 1. The number of amides is 1. The van der Waals surface area contributed by atoms with E-state index in [2.05, 4.69) is 0 Å². The van der Waals surface area contributed by atoms with E-state index in [1.807, 2.05) is 37.3 Å². The molecule has 0 N–H and O–H groups in total. The quantitative estimate of drug-likeness (QED) is 0.580. The number of halogens is 1. The van der Waals surface area contributed by atoms with Gasteiger partial charge in [-0.3, -0.25) is 14.4 Å². The Balaban J connectivity index is 1.57. The molecule has 0 unspecified atom stereocenters. The molecule has 0 bridgehead atoms. The van der Waals surface area contributed by atoms with Gasteiger partial charge in [0.2, 0.25) is 5.91 Å². The Morgan fingerprint density at radius 3 is 2.63 bits per heavy atom. The first-order valence-electron chi connectivity index (χ1n) is 8.75. The lowest BCUT2D eigenvalue weighted by Gasteiger charge is -2.25. The lowest BCUT2D eigenvalue weighted by molar-refractivity contribution is -0.147. The van der Waals surface area contributed by atoms with Crippen molar-refractivity contribution >= 4 is 17.7 Å². The van der Waals surface area contributed by atoms with E-state index >= 15 is 0 Å². The van der Waals surface area contributed by atoms with E-state index in [9.17, 15) is 18.8 Å². The van der Waals surface area contributed by atoms with Crippen LogP contribution in [0.1, 0.15) is 35.3 Å². The van der Waals surface area contributed by atoms with Crippen LogP contribution in [0.4, 0.5) is 4.39 Å². The number of rotatable bonds is 6. The van der Waals surface area contributed by atoms with E-state index in [1.165, 1.54) is 18.2 Å². The van der Waals surface area contributed by atoms with Crippen LogP contribution in [0.3, 0.4) is 0 Å². The third-order valence-electron chi connectivity index (χ3n) is 4.73. The molecule has 0 aromatic heterocycles. The van der Waals surface area contributed by atoms with Gasteiger partial charge >= 0.3 is 5.97 Å². The second-order valence-corrected chi connectivity index (χ2v) is 6.58. The van der Waals surface area contributed by atoms with Crippen LogP contribution in [0.15, 0.2) is 54.6 Å². The minimum Gasteiger partial charge on any atom is -0.457 e. The number of esters is 1. The zero-order valence-corrected chi connectivity index (χ0v) is 14.9. The molecule has 27 heavy (non-hydrogen) atoms. The molecule has 3 rings (SSSR count). The monoisotopic (exact) mass is 369 g/mol. The molecule has 1 aliphatic heterocycles. The number of ketones is 1. The first kappa shape index (κ1) is 18.8. The van der Waals surface area contributed by atoms with Crippen molar-refractivity contribution in [2.45, 2.75) is 19.4 Å². The van der Waals surface area contributed by atoms with Gasteiger partial charge in [0, 0.05) is 18.5 Å². The van der Waals surface area contributed by atoms with Gasteiger partial charge in [-0.05, 0) is 24.6 Å². The molecule has 1 saturated heterocycles. The maximum absolute atomic E-state index is 13.2. The van der Waals surface area contributed by atoms with E-state index in [0.29, 0.717) is 0 Å². The van der Waals surface area contributed by atoms with Gasteiger partial charge in [0.05, 0.1) is 12.0 Å². The third kappa shape index (κ3) is 4.39. The third-order valence-corrected chi connectivity index (χ3v) is 4.73. The number of ether oxygens (including phenoxy) is 1. The number of carbonyl (C=O) groups excluding carboxylic acids is 3. The first-order valence-corrected chi connectivity index (χ1v) is 8.75. The average molecular weight is 369 g/mol. The van der Waals surface area contributed by atoms with Crippen LogP contribution in [-0.4, -0.2) is 35.7 Å².